The number of rotatable bonds is 1. The van der Waals surface area contributed by atoms with E-state index in [1.807, 2.05) is 19.1 Å². The van der Waals surface area contributed by atoms with Gasteiger partial charge in [-0.15, -0.1) is 0 Å². The Morgan fingerprint density at radius 3 is 2.83 bits per heavy atom. The van der Waals surface area contributed by atoms with Crippen LogP contribution in [0.2, 0.25) is 0 Å². The number of hydrogen-bond donors (Lipinski definition) is 1. The molecule has 0 spiro atoms. The van der Waals surface area contributed by atoms with E-state index >= 15 is 0 Å². The van der Waals surface area contributed by atoms with Crippen molar-refractivity contribution in [3.05, 3.63) is 41.2 Å². The molecule has 0 radical (unpaired) electrons. The van der Waals surface area contributed by atoms with Gasteiger partial charge in [-0.25, -0.2) is 4.98 Å². The smallest absolute Gasteiger partial charge is 0.168 e. The average molecular weight is 240 g/mol. The molecule has 0 saturated heterocycles. The normalized spacial score (nSPS) is 11.2. The van der Waals surface area contributed by atoms with Crippen LogP contribution in [0, 0.1) is 13.8 Å². The van der Waals surface area contributed by atoms with Crippen molar-refractivity contribution in [3.63, 3.8) is 0 Å². The number of para-hydroxylation sites is 1. The van der Waals surface area contributed by atoms with Crippen LogP contribution < -0.4 is 0 Å². The van der Waals surface area contributed by atoms with Crippen LogP contribution in [0.25, 0.3) is 16.6 Å². The van der Waals surface area contributed by atoms with Gasteiger partial charge in [0, 0.05) is 5.39 Å². The maximum absolute atomic E-state index is 11.2. The first-order chi connectivity index (χ1) is 8.63. The van der Waals surface area contributed by atoms with Gasteiger partial charge in [0.15, 0.2) is 6.29 Å². The minimum Gasteiger partial charge on any atom is -0.506 e. The third-order valence-electron chi connectivity index (χ3n) is 3.24. The van der Waals surface area contributed by atoms with E-state index in [0.29, 0.717) is 22.6 Å². The molecule has 0 saturated carbocycles. The van der Waals surface area contributed by atoms with Crippen LogP contribution >= 0.6 is 0 Å². The van der Waals surface area contributed by atoms with Gasteiger partial charge in [-0.2, -0.15) is 0 Å². The summed E-state index contributed by atoms with van der Waals surface area (Å²) in [5.74, 6) is 0.154. The van der Waals surface area contributed by atoms with Crippen molar-refractivity contribution in [2.24, 2.45) is 0 Å². The van der Waals surface area contributed by atoms with Crippen LogP contribution in [0.4, 0.5) is 0 Å². The van der Waals surface area contributed by atoms with E-state index in [-0.39, 0.29) is 5.75 Å². The molecule has 0 unspecified atom stereocenters. The van der Waals surface area contributed by atoms with E-state index in [2.05, 4.69) is 4.98 Å². The molecule has 1 aromatic carbocycles. The van der Waals surface area contributed by atoms with Gasteiger partial charge in [0.25, 0.3) is 0 Å². The number of aldehydes is 1. The number of hydrogen-bond acceptors (Lipinski definition) is 3. The number of aromatic hydroxyl groups is 1. The average Bonchev–Trinajstić information content (AvgIpc) is 2.65. The van der Waals surface area contributed by atoms with Crippen molar-refractivity contribution in [1.29, 1.82) is 0 Å². The van der Waals surface area contributed by atoms with E-state index in [0.717, 1.165) is 17.2 Å². The Kier molecular flexibility index (Phi) is 2.13. The number of carbonyl (C=O) groups excluding carboxylic acids is 1. The van der Waals surface area contributed by atoms with Crippen LogP contribution in [-0.4, -0.2) is 20.8 Å². The number of aromatic nitrogens is 2. The fourth-order valence-electron chi connectivity index (χ4n) is 2.39. The fraction of sp³-hybridized carbons (Fsp3) is 0.143. The molecular weight excluding hydrogens is 228 g/mol. The first-order valence-electron chi connectivity index (χ1n) is 5.69. The lowest BCUT2D eigenvalue weighted by molar-refractivity contribution is 0.111. The summed E-state index contributed by atoms with van der Waals surface area (Å²) >= 11 is 0. The van der Waals surface area contributed by atoms with Crippen LogP contribution in [0.5, 0.6) is 5.75 Å². The maximum Gasteiger partial charge on any atom is 0.168 e. The van der Waals surface area contributed by atoms with Gasteiger partial charge in [0.1, 0.15) is 17.1 Å². The van der Waals surface area contributed by atoms with E-state index in [1.165, 1.54) is 0 Å². The summed E-state index contributed by atoms with van der Waals surface area (Å²) in [4.78, 5) is 15.6. The molecule has 0 amide bonds. The van der Waals surface area contributed by atoms with Crippen molar-refractivity contribution in [2.75, 3.05) is 0 Å². The fourth-order valence-corrected chi connectivity index (χ4v) is 2.39. The Balaban J connectivity index is 2.69. The first-order valence-corrected chi connectivity index (χ1v) is 5.69. The van der Waals surface area contributed by atoms with Crippen molar-refractivity contribution < 1.29 is 9.90 Å². The molecule has 0 bridgehead atoms. The Morgan fingerprint density at radius 2 is 2.11 bits per heavy atom. The Bertz CT molecular complexity index is 787. The number of pyridine rings is 1. The monoisotopic (exact) mass is 240 g/mol. The van der Waals surface area contributed by atoms with Gasteiger partial charge < -0.3 is 5.11 Å². The zero-order valence-corrected chi connectivity index (χ0v) is 10.1. The highest BCUT2D eigenvalue weighted by molar-refractivity contribution is 5.92. The summed E-state index contributed by atoms with van der Waals surface area (Å²) in [6, 6.07) is 7.25. The third kappa shape index (κ3) is 1.26. The maximum atomic E-state index is 11.2. The van der Waals surface area contributed by atoms with Gasteiger partial charge >= 0.3 is 0 Å². The molecule has 0 aliphatic heterocycles. The lowest BCUT2D eigenvalue weighted by atomic mass is 10.1. The van der Waals surface area contributed by atoms with Crippen molar-refractivity contribution in [2.45, 2.75) is 13.8 Å². The molecule has 2 aromatic heterocycles. The van der Waals surface area contributed by atoms with E-state index in [1.54, 1.807) is 23.5 Å². The second kappa shape index (κ2) is 3.57. The van der Waals surface area contributed by atoms with E-state index in [9.17, 15) is 9.90 Å². The zero-order valence-electron chi connectivity index (χ0n) is 10.1. The number of phenols is 1. The number of aryl methyl sites for hydroxylation is 2. The Hall–Kier alpha value is -2.36. The van der Waals surface area contributed by atoms with Gasteiger partial charge in [0.05, 0.1) is 11.2 Å². The summed E-state index contributed by atoms with van der Waals surface area (Å²) in [5.41, 5.74) is 3.49. The molecule has 1 N–H and O–H groups in total. The second-order valence-electron chi connectivity index (χ2n) is 4.39. The number of nitrogens with zero attached hydrogens (tertiary/aromatic N) is 2. The lowest BCUT2D eigenvalue weighted by Gasteiger charge is -2.08. The highest BCUT2D eigenvalue weighted by atomic mass is 16.3. The summed E-state index contributed by atoms with van der Waals surface area (Å²) in [5, 5.41) is 11.0. The van der Waals surface area contributed by atoms with Crippen LogP contribution in [0.15, 0.2) is 24.3 Å². The molecule has 0 fully saturated rings. The summed E-state index contributed by atoms with van der Waals surface area (Å²) in [6.07, 6.45) is 0.774. The van der Waals surface area contributed by atoms with Gasteiger partial charge in [-0.05, 0) is 31.5 Å². The standard InChI is InChI=1S/C14H12N2O2/c1-8-6-13-15-9(2)11(7-17)16(13)14-10(8)4-3-5-12(14)18/h3-7,18H,1-2H3. The molecular formula is C14H12N2O2. The molecule has 0 aliphatic carbocycles. The Labute approximate surface area is 104 Å². The molecule has 4 heteroatoms. The molecule has 0 aliphatic rings. The van der Waals surface area contributed by atoms with E-state index < -0.39 is 0 Å². The number of fused-ring (bicyclic) bond motifs is 3. The summed E-state index contributed by atoms with van der Waals surface area (Å²) < 4.78 is 1.71. The summed E-state index contributed by atoms with van der Waals surface area (Å²) in [7, 11) is 0. The summed E-state index contributed by atoms with van der Waals surface area (Å²) in [6.45, 7) is 3.75. The minimum absolute atomic E-state index is 0.154. The molecule has 0 atom stereocenters. The molecule has 2 heterocycles. The second-order valence-corrected chi connectivity index (χ2v) is 4.39. The van der Waals surface area contributed by atoms with Crippen molar-refractivity contribution >= 4 is 22.8 Å². The van der Waals surface area contributed by atoms with E-state index in [4.69, 9.17) is 0 Å². The zero-order chi connectivity index (χ0) is 12.9. The van der Waals surface area contributed by atoms with Crippen molar-refractivity contribution in [1.82, 2.24) is 9.38 Å². The first kappa shape index (κ1) is 10.8. The predicted molar refractivity (Wildman–Crippen MR) is 69.2 cm³/mol. The number of benzene rings is 1. The third-order valence-corrected chi connectivity index (χ3v) is 3.24. The SMILES string of the molecule is Cc1nc2cc(C)c3cccc(O)c3n2c1C=O. The van der Waals surface area contributed by atoms with Crippen LogP contribution in [-0.2, 0) is 0 Å². The number of imidazole rings is 1. The molecule has 4 nitrogen and oxygen atoms in total. The van der Waals surface area contributed by atoms with Crippen LogP contribution in [0.1, 0.15) is 21.7 Å². The lowest BCUT2D eigenvalue weighted by Crippen LogP contribution is -1.96. The molecule has 90 valence electrons. The molecule has 3 rings (SSSR count). The van der Waals surface area contributed by atoms with Crippen LogP contribution in [0.3, 0.4) is 0 Å². The van der Waals surface area contributed by atoms with Gasteiger partial charge in [0.2, 0.25) is 0 Å². The van der Waals surface area contributed by atoms with Crippen molar-refractivity contribution in [3.8, 4) is 5.75 Å². The molecule has 3 aromatic rings. The molecule has 18 heavy (non-hydrogen) atoms. The topological polar surface area (TPSA) is 54.6 Å². The predicted octanol–water partition coefficient (Wildman–Crippen LogP) is 2.62. The Morgan fingerprint density at radius 1 is 1.33 bits per heavy atom. The largest absolute Gasteiger partial charge is 0.506 e. The minimum atomic E-state index is 0.154. The number of phenolic OH excluding ortho intramolecular Hbond substituents is 1. The quantitative estimate of drug-likeness (QED) is 0.665. The number of carbonyl (C=O) groups is 1. The highest BCUT2D eigenvalue weighted by Crippen LogP contribution is 2.29. The van der Waals surface area contributed by atoms with Gasteiger partial charge in [-0.3, -0.25) is 9.20 Å². The van der Waals surface area contributed by atoms with Gasteiger partial charge in [-0.1, -0.05) is 12.1 Å². The highest BCUT2D eigenvalue weighted by Gasteiger charge is 2.14.